The van der Waals surface area contributed by atoms with Crippen LogP contribution in [0.15, 0.2) is 0 Å². The molecular formula is C33H60N3O9S+. The molecule has 0 aromatic rings. The first-order chi connectivity index (χ1) is 21.1. The Morgan fingerprint density at radius 2 is 1.76 bits per heavy atom. The van der Waals surface area contributed by atoms with Crippen LogP contribution in [0.5, 0.6) is 0 Å². The number of nitrogens with zero attached hydrogens (tertiary/aromatic N) is 1. The van der Waals surface area contributed by atoms with E-state index in [0.717, 1.165) is 12.8 Å². The van der Waals surface area contributed by atoms with Crippen LogP contribution in [0, 0.1) is 46.3 Å². The highest BCUT2D eigenvalue weighted by Crippen LogP contribution is 2.68. The summed E-state index contributed by atoms with van der Waals surface area (Å²) >= 11 is 0. The highest BCUT2D eigenvalue weighted by atomic mass is 32.2. The lowest BCUT2D eigenvalue weighted by atomic mass is 9.42. The monoisotopic (exact) mass is 674 g/mol. The van der Waals surface area contributed by atoms with Gasteiger partial charge in [0.05, 0.1) is 32.8 Å². The van der Waals surface area contributed by atoms with E-state index < -0.39 is 45.7 Å². The predicted octanol–water partition coefficient (Wildman–Crippen LogP) is 1.05. The van der Waals surface area contributed by atoms with Gasteiger partial charge in [0.1, 0.15) is 24.0 Å². The van der Waals surface area contributed by atoms with Crippen molar-refractivity contribution in [2.45, 2.75) is 109 Å². The minimum Gasteiger partial charge on any atom is -0.393 e. The van der Waals surface area contributed by atoms with Crippen molar-refractivity contribution >= 4 is 21.9 Å². The number of fused-ring (bicyclic) bond motifs is 5. The van der Waals surface area contributed by atoms with E-state index >= 15 is 0 Å². The van der Waals surface area contributed by atoms with E-state index in [4.69, 9.17) is 10.3 Å². The van der Waals surface area contributed by atoms with Gasteiger partial charge in [0.2, 0.25) is 11.8 Å². The van der Waals surface area contributed by atoms with Crippen LogP contribution in [0.2, 0.25) is 0 Å². The van der Waals surface area contributed by atoms with Gasteiger partial charge in [0.15, 0.2) is 0 Å². The molecule has 12 atom stereocenters. The minimum absolute atomic E-state index is 0.0390. The normalized spacial score (nSPS) is 40.7. The van der Waals surface area contributed by atoms with Gasteiger partial charge in [-0.1, -0.05) is 20.8 Å². The van der Waals surface area contributed by atoms with E-state index in [0.29, 0.717) is 62.5 Å². The molecule has 0 aliphatic heterocycles. The van der Waals surface area contributed by atoms with Crippen molar-refractivity contribution in [3.8, 4) is 0 Å². The fourth-order valence-corrected chi connectivity index (χ4v) is 11.3. The van der Waals surface area contributed by atoms with Crippen LogP contribution in [-0.2, 0) is 19.7 Å². The molecule has 4 aliphatic carbocycles. The van der Waals surface area contributed by atoms with Crippen molar-refractivity contribution in [3.05, 3.63) is 0 Å². The molecule has 13 heteroatoms. The van der Waals surface area contributed by atoms with E-state index in [9.17, 15) is 38.4 Å². The average molecular weight is 675 g/mol. The Kier molecular flexibility index (Phi) is 11.0. The van der Waals surface area contributed by atoms with Crippen LogP contribution in [0.25, 0.3) is 0 Å². The molecule has 8 N–H and O–H groups in total. The fraction of sp³-hybridized carbons (Fsp3) is 0.939. The Balaban J connectivity index is 1.30. The number of nitrogens with one attached hydrogen (secondary N) is 1. The van der Waals surface area contributed by atoms with Gasteiger partial charge in [-0.2, -0.15) is 8.42 Å². The number of carbonyl (C=O) groups excluding carboxylic acids is 2. The average Bonchev–Trinajstić information content (AvgIpc) is 3.28. The summed E-state index contributed by atoms with van der Waals surface area (Å²) in [6.07, 6.45) is 3.61. The Bertz CT molecular complexity index is 1230. The van der Waals surface area contributed by atoms with E-state index in [-0.39, 0.29) is 65.2 Å². The maximum atomic E-state index is 12.8. The Morgan fingerprint density at radius 1 is 1.09 bits per heavy atom. The molecule has 0 spiro atoms. The van der Waals surface area contributed by atoms with Crippen LogP contribution in [-0.4, -0.2) is 113 Å². The number of amides is 2. The van der Waals surface area contributed by atoms with Gasteiger partial charge in [-0.25, -0.2) is 0 Å². The van der Waals surface area contributed by atoms with Crippen LogP contribution in [0.1, 0.15) is 85.0 Å². The topological polar surface area (TPSA) is 207 Å². The summed E-state index contributed by atoms with van der Waals surface area (Å²) in [6.45, 7) is 7.81. The largest absolute Gasteiger partial charge is 0.393 e. The molecule has 5 unspecified atom stereocenters. The third-order valence-corrected chi connectivity index (χ3v) is 14.1. The maximum Gasteiger partial charge on any atom is 0.267 e. The van der Waals surface area contributed by atoms with Gasteiger partial charge >= 0.3 is 0 Å². The molecule has 0 bridgehead atoms. The third kappa shape index (κ3) is 7.60. The number of hydrogen-bond donors (Lipinski definition) is 7. The van der Waals surface area contributed by atoms with Gasteiger partial charge in [0.25, 0.3) is 10.1 Å². The third-order valence-electron chi connectivity index (χ3n) is 13.3. The Labute approximate surface area is 274 Å². The van der Waals surface area contributed by atoms with E-state index in [1.165, 1.54) is 0 Å². The minimum atomic E-state index is -4.25. The fourth-order valence-electron chi connectivity index (χ4n) is 10.7. The first-order valence-electron chi connectivity index (χ1n) is 17.2. The number of primary amides is 1. The number of rotatable bonds is 13. The number of quaternary nitrogens is 1. The molecule has 0 aromatic carbocycles. The van der Waals surface area contributed by atoms with E-state index in [1.54, 1.807) is 0 Å². The van der Waals surface area contributed by atoms with Crippen LogP contribution in [0.3, 0.4) is 0 Å². The van der Waals surface area contributed by atoms with E-state index in [2.05, 4.69) is 26.1 Å². The SMILES string of the molecule is C[C@H](CCC(=O)NCCC[N+](C)(C)CC(O)CS(=O)(=O)O)[C@H]1CCC2C3C(O)C[C@@H]4C[C@@](O)(C(N)=O)CC[C@]4(C)C3C[C@H](O)[C@@]21C. The zero-order chi connectivity index (χ0) is 34.5. The summed E-state index contributed by atoms with van der Waals surface area (Å²) < 4.78 is 31.3. The molecule has 0 aromatic heterocycles. The second-order valence-electron chi connectivity index (χ2n) is 16.7. The molecule has 46 heavy (non-hydrogen) atoms. The standard InChI is InChI=1S/C33H59N3O9S/c1-20(7-10-28(40)35-13-6-14-36(4,5)18-22(37)19-46(43,44)45)23-8-9-24-29-25(16-27(39)32(23,24)3)31(2)11-12-33(42,30(34)41)17-21(31)15-26(29)38/h20-27,29,37-39,42H,6-19H2,1-5H3,(H3-,34,35,40,41,43,44,45)/p+1/t20-,21-,22?,23-,24?,25?,26?,27+,29?,31+,32-,33-/m1/s1. The molecular weight excluding hydrogens is 614 g/mol. The lowest BCUT2D eigenvalue weighted by Gasteiger charge is -2.64. The van der Waals surface area contributed by atoms with Crippen molar-refractivity contribution in [1.82, 2.24) is 5.32 Å². The number of nitrogens with two attached hydrogens (primary N) is 1. The molecule has 4 aliphatic rings. The second kappa shape index (κ2) is 13.5. The summed E-state index contributed by atoms with van der Waals surface area (Å²) in [5.41, 5.74) is 3.46. The van der Waals surface area contributed by atoms with Crippen LogP contribution < -0.4 is 11.1 Å². The van der Waals surface area contributed by atoms with Crippen LogP contribution >= 0.6 is 0 Å². The van der Waals surface area contributed by atoms with Crippen molar-refractivity contribution in [1.29, 1.82) is 0 Å². The van der Waals surface area contributed by atoms with Crippen molar-refractivity contribution in [2.75, 3.05) is 39.5 Å². The lowest BCUT2D eigenvalue weighted by molar-refractivity contribution is -0.893. The molecule has 0 radical (unpaired) electrons. The lowest BCUT2D eigenvalue weighted by Crippen LogP contribution is -2.64. The Hall–Kier alpha value is -1.35. The summed E-state index contributed by atoms with van der Waals surface area (Å²) in [5.74, 6) is -0.747. The van der Waals surface area contributed by atoms with Gasteiger partial charge in [-0.05, 0) is 97.7 Å². The Morgan fingerprint density at radius 3 is 2.39 bits per heavy atom. The molecule has 2 amide bonds. The second-order valence-corrected chi connectivity index (χ2v) is 18.2. The van der Waals surface area contributed by atoms with Crippen LogP contribution in [0.4, 0.5) is 0 Å². The zero-order valence-electron chi connectivity index (χ0n) is 28.4. The smallest absolute Gasteiger partial charge is 0.267 e. The molecule has 266 valence electrons. The van der Waals surface area contributed by atoms with Gasteiger partial charge < -0.3 is 36.0 Å². The molecule has 0 heterocycles. The van der Waals surface area contributed by atoms with E-state index in [1.807, 2.05) is 14.1 Å². The molecule has 0 saturated heterocycles. The quantitative estimate of drug-likeness (QED) is 0.0845. The van der Waals surface area contributed by atoms with Gasteiger partial charge in [-0.3, -0.25) is 14.1 Å². The predicted molar refractivity (Wildman–Crippen MR) is 172 cm³/mol. The van der Waals surface area contributed by atoms with Gasteiger partial charge in [-0.15, -0.1) is 0 Å². The zero-order valence-corrected chi connectivity index (χ0v) is 29.2. The molecule has 4 rings (SSSR count). The summed E-state index contributed by atoms with van der Waals surface area (Å²) in [4.78, 5) is 24.8. The maximum absolute atomic E-state index is 12.8. The summed E-state index contributed by atoms with van der Waals surface area (Å²) in [6, 6.07) is 0. The molecule has 4 saturated carbocycles. The number of carbonyl (C=O) groups is 2. The summed E-state index contributed by atoms with van der Waals surface area (Å²) in [7, 11) is -0.531. The first kappa shape index (κ1) is 37.5. The molecule has 4 fully saturated rings. The van der Waals surface area contributed by atoms with Crippen molar-refractivity contribution in [3.63, 3.8) is 0 Å². The molecule has 12 nitrogen and oxygen atoms in total. The highest BCUT2D eigenvalue weighted by Gasteiger charge is 2.66. The summed E-state index contributed by atoms with van der Waals surface area (Å²) in [5, 5.41) is 47.3. The first-order valence-corrected chi connectivity index (χ1v) is 18.8. The number of likely N-dealkylation sites (N-methyl/N-ethyl adjacent to an activating group) is 1. The van der Waals surface area contributed by atoms with Gasteiger partial charge in [0, 0.05) is 19.4 Å². The van der Waals surface area contributed by atoms with Crippen molar-refractivity contribution in [2.24, 2.45) is 52.1 Å². The van der Waals surface area contributed by atoms with Crippen molar-refractivity contribution < 1.29 is 47.5 Å². The number of aliphatic hydroxyl groups is 4. The highest BCUT2D eigenvalue weighted by molar-refractivity contribution is 7.85. The number of hydrogen-bond acceptors (Lipinski definition) is 8. The number of aliphatic hydroxyl groups excluding tert-OH is 3.